The molecule has 1 aliphatic rings. The number of halogens is 1. The normalized spacial score (nSPS) is 20.5. The number of nitrogens with zero attached hydrogens (tertiary/aromatic N) is 2. The Balaban J connectivity index is 2.17. The van der Waals surface area contributed by atoms with Crippen molar-refractivity contribution in [2.45, 2.75) is 20.4 Å². The fourth-order valence-corrected chi connectivity index (χ4v) is 3.46. The molecule has 0 aromatic heterocycles. The fraction of sp³-hybridized carbons (Fsp3) is 0.556. The van der Waals surface area contributed by atoms with Crippen LogP contribution >= 0.6 is 15.9 Å². The van der Waals surface area contributed by atoms with Crippen molar-refractivity contribution in [1.82, 2.24) is 10.2 Å². The molecule has 0 aliphatic carbocycles. The number of hydrogen-bond acceptors (Lipinski definition) is 4. The maximum Gasteiger partial charge on any atom is 0.310 e. The molecule has 1 saturated heterocycles. The van der Waals surface area contributed by atoms with Crippen LogP contribution < -0.4 is 10.1 Å². The Bertz CT molecular complexity index is 636. The van der Waals surface area contributed by atoms with E-state index >= 15 is 0 Å². The molecular formula is C18H26BrN3O3. The summed E-state index contributed by atoms with van der Waals surface area (Å²) < 4.78 is 11.3. The van der Waals surface area contributed by atoms with Crippen LogP contribution in [0.2, 0.25) is 0 Å². The van der Waals surface area contributed by atoms with Gasteiger partial charge in [0.05, 0.1) is 26.7 Å². The van der Waals surface area contributed by atoms with Crippen molar-refractivity contribution in [2.75, 3.05) is 33.9 Å². The lowest BCUT2D eigenvalue weighted by molar-refractivity contribution is -0.145. The Hall–Kier alpha value is -1.76. The van der Waals surface area contributed by atoms with E-state index in [2.05, 4.69) is 33.1 Å². The van der Waals surface area contributed by atoms with Gasteiger partial charge < -0.3 is 19.7 Å². The van der Waals surface area contributed by atoms with E-state index in [-0.39, 0.29) is 17.8 Å². The lowest BCUT2D eigenvalue weighted by Gasteiger charge is -2.21. The number of rotatable bonds is 5. The van der Waals surface area contributed by atoms with Crippen LogP contribution in [0.4, 0.5) is 0 Å². The first-order valence-electron chi connectivity index (χ1n) is 8.43. The number of carbonyl (C=O) groups excluding carboxylic acids is 1. The van der Waals surface area contributed by atoms with Gasteiger partial charge in [-0.2, -0.15) is 0 Å². The summed E-state index contributed by atoms with van der Waals surface area (Å²) in [4.78, 5) is 18.8. The van der Waals surface area contributed by atoms with E-state index in [0.717, 1.165) is 34.8 Å². The van der Waals surface area contributed by atoms with Crippen LogP contribution in [0.25, 0.3) is 0 Å². The van der Waals surface area contributed by atoms with Crippen LogP contribution in [0, 0.1) is 11.8 Å². The molecule has 0 amide bonds. The molecule has 1 aromatic carbocycles. The van der Waals surface area contributed by atoms with Gasteiger partial charge >= 0.3 is 5.97 Å². The van der Waals surface area contributed by atoms with Crippen molar-refractivity contribution in [3.05, 3.63) is 28.2 Å². The van der Waals surface area contributed by atoms with E-state index < -0.39 is 0 Å². The topological polar surface area (TPSA) is 63.2 Å². The second-order valence-electron chi connectivity index (χ2n) is 6.14. The minimum atomic E-state index is -0.153. The van der Waals surface area contributed by atoms with Crippen molar-refractivity contribution in [1.29, 1.82) is 0 Å². The van der Waals surface area contributed by atoms with Crippen LogP contribution in [0.3, 0.4) is 0 Å². The van der Waals surface area contributed by atoms with Crippen molar-refractivity contribution in [2.24, 2.45) is 16.8 Å². The monoisotopic (exact) mass is 411 g/mol. The molecule has 6 nitrogen and oxygen atoms in total. The van der Waals surface area contributed by atoms with Gasteiger partial charge in [-0.15, -0.1) is 0 Å². The second kappa shape index (κ2) is 9.08. The zero-order valence-corrected chi connectivity index (χ0v) is 16.8. The van der Waals surface area contributed by atoms with E-state index in [1.807, 2.05) is 25.1 Å². The zero-order chi connectivity index (χ0) is 18.4. The van der Waals surface area contributed by atoms with Gasteiger partial charge in [0.15, 0.2) is 5.96 Å². The summed E-state index contributed by atoms with van der Waals surface area (Å²) in [7, 11) is 3.10. The highest BCUT2D eigenvalue weighted by Crippen LogP contribution is 2.26. The number of likely N-dealkylation sites (tertiary alicyclic amines) is 1. The van der Waals surface area contributed by atoms with E-state index in [4.69, 9.17) is 14.5 Å². The maximum atomic E-state index is 11.9. The van der Waals surface area contributed by atoms with Crippen LogP contribution in [0.1, 0.15) is 19.4 Å². The highest BCUT2D eigenvalue weighted by Gasteiger charge is 2.36. The van der Waals surface area contributed by atoms with Gasteiger partial charge in [0.1, 0.15) is 5.75 Å². The predicted octanol–water partition coefficient (Wildman–Crippen LogP) is 2.66. The Labute approximate surface area is 157 Å². The highest BCUT2D eigenvalue weighted by atomic mass is 79.9. The van der Waals surface area contributed by atoms with Crippen molar-refractivity contribution in [3.8, 4) is 5.75 Å². The number of benzene rings is 1. The number of methoxy groups -OCH3 is 2. The molecule has 2 atom stereocenters. The van der Waals surface area contributed by atoms with E-state index in [0.29, 0.717) is 13.1 Å². The fourth-order valence-electron chi connectivity index (χ4n) is 3.05. The van der Waals surface area contributed by atoms with E-state index in [1.165, 1.54) is 7.11 Å². The Kier molecular flexibility index (Phi) is 7.11. The molecule has 2 rings (SSSR count). The summed E-state index contributed by atoms with van der Waals surface area (Å²) in [5.41, 5.74) is 1.00. The molecule has 1 aromatic rings. The molecule has 0 radical (unpaired) electrons. The average Bonchev–Trinajstić information content (AvgIpc) is 2.99. The maximum absolute atomic E-state index is 11.9. The number of aliphatic imine (C=N–C) groups is 1. The van der Waals surface area contributed by atoms with E-state index in [9.17, 15) is 4.79 Å². The van der Waals surface area contributed by atoms with E-state index in [1.54, 1.807) is 7.11 Å². The van der Waals surface area contributed by atoms with Gasteiger partial charge in [-0.1, -0.05) is 22.9 Å². The molecule has 138 valence electrons. The van der Waals surface area contributed by atoms with Gasteiger partial charge in [0, 0.05) is 29.7 Å². The lowest BCUT2D eigenvalue weighted by Crippen LogP contribution is -2.40. The van der Waals surface area contributed by atoms with Gasteiger partial charge in [0.25, 0.3) is 0 Å². The average molecular weight is 412 g/mol. The molecule has 1 aliphatic heterocycles. The first-order chi connectivity index (χ1) is 12.0. The summed E-state index contributed by atoms with van der Waals surface area (Å²) >= 11 is 3.49. The van der Waals surface area contributed by atoms with Crippen molar-refractivity contribution in [3.63, 3.8) is 0 Å². The molecule has 0 saturated carbocycles. The highest BCUT2D eigenvalue weighted by molar-refractivity contribution is 9.10. The molecule has 7 heteroatoms. The predicted molar refractivity (Wildman–Crippen MR) is 102 cm³/mol. The SMILES string of the molecule is CCNC(=NCc1cc(Br)ccc1OC)N1CC(C)C(C(=O)OC)C1. The molecule has 25 heavy (non-hydrogen) atoms. The van der Waals surface area contributed by atoms with Crippen LogP contribution in [0.5, 0.6) is 5.75 Å². The van der Waals surface area contributed by atoms with Crippen LogP contribution in [0.15, 0.2) is 27.7 Å². The standard InChI is InChI=1S/C18H26BrN3O3/c1-5-20-18(22-10-12(2)15(11-22)17(23)25-4)21-9-13-8-14(19)6-7-16(13)24-3/h6-8,12,15H,5,9-11H2,1-4H3,(H,20,21). The summed E-state index contributed by atoms with van der Waals surface area (Å²) in [5.74, 6) is 1.58. The minimum absolute atomic E-state index is 0.116. The number of esters is 1. The van der Waals surface area contributed by atoms with Gasteiger partial charge in [-0.05, 0) is 31.0 Å². The molecule has 0 spiro atoms. The first-order valence-corrected chi connectivity index (χ1v) is 9.22. The Morgan fingerprint density at radius 1 is 1.40 bits per heavy atom. The number of ether oxygens (including phenoxy) is 2. The molecule has 1 N–H and O–H groups in total. The third-order valence-electron chi connectivity index (χ3n) is 4.39. The third-order valence-corrected chi connectivity index (χ3v) is 4.89. The molecule has 1 heterocycles. The number of carbonyl (C=O) groups is 1. The largest absolute Gasteiger partial charge is 0.496 e. The summed E-state index contributed by atoms with van der Waals surface area (Å²) in [5, 5.41) is 3.32. The quantitative estimate of drug-likeness (QED) is 0.458. The van der Waals surface area contributed by atoms with Gasteiger partial charge in [-0.25, -0.2) is 4.99 Å². The number of guanidine groups is 1. The zero-order valence-electron chi connectivity index (χ0n) is 15.2. The number of hydrogen-bond donors (Lipinski definition) is 1. The van der Waals surface area contributed by atoms with Crippen molar-refractivity contribution >= 4 is 27.9 Å². The summed E-state index contributed by atoms with van der Waals surface area (Å²) in [6.07, 6.45) is 0. The Morgan fingerprint density at radius 3 is 2.80 bits per heavy atom. The molecule has 1 fully saturated rings. The summed E-state index contributed by atoms with van der Waals surface area (Å²) in [6, 6.07) is 5.88. The van der Waals surface area contributed by atoms with Gasteiger partial charge in [-0.3, -0.25) is 4.79 Å². The third kappa shape index (κ3) is 4.87. The first kappa shape index (κ1) is 19.6. The minimum Gasteiger partial charge on any atom is -0.496 e. The molecular weight excluding hydrogens is 386 g/mol. The molecule has 0 bridgehead atoms. The second-order valence-corrected chi connectivity index (χ2v) is 7.05. The Morgan fingerprint density at radius 2 is 2.16 bits per heavy atom. The number of nitrogens with one attached hydrogen (secondary N) is 1. The lowest BCUT2D eigenvalue weighted by atomic mass is 9.99. The van der Waals surface area contributed by atoms with Crippen LogP contribution in [-0.2, 0) is 16.1 Å². The van der Waals surface area contributed by atoms with Crippen molar-refractivity contribution < 1.29 is 14.3 Å². The van der Waals surface area contributed by atoms with Gasteiger partial charge in [0.2, 0.25) is 0 Å². The smallest absolute Gasteiger partial charge is 0.310 e. The molecule has 2 unspecified atom stereocenters. The van der Waals surface area contributed by atoms with Crippen LogP contribution in [-0.4, -0.2) is 50.7 Å². The summed E-state index contributed by atoms with van der Waals surface area (Å²) in [6.45, 7) is 6.77.